The lowest BCUT2D eigenvalue weighted by Crippen LogP contribution is -2.36. The van der Waals surface area contributed by atoms with Crippen LogP contribution in [-0.4, -0.2) is 73.1 Å². The van der Waals surface area contributed by atoms with Crippen LogP contribution in [0.1, 0.15) is 18.1 Å². The van der Waals surface area contributed by atoms with E-state index < -0.39 is 18.1 Å². The molecule has 6 N–H and O–H groups in total. The number of amidine groups is 2. The lowest BCUT2D eigenvalue weighted by atomic mass is 10.0. The molecule has 0 fully saturated rings. The summed E-state index contributed by atoms with van der Waals surface area (Å²) in [5, 5.41) is 11.5. The fourth-order valence-corrected chi connectivity index (χ4v) is 4.19. The van der Waals surface area contributed by atoms with Crippen molar-refractivity contribution in [3.63, 3.8) is 0 Å². The number of fused-ring (bicyclic) bond motifs is 1. The van der Waals surface area contributed by atoms with Gasteiger partial charge in [-0.05, 0) is 19.7 Å². The first-order chi connectivity index (χ1) is 19.4. The highest BCUT2D eigenvalue weighted by Gasteiger charge is 2.27. The third-order valence-electron chi connectivity index (χ3n) is 5.92. The van der Waals surface area contributed by atoms with Gasteiger partial charge in [0.25, 0.3) is 11.9 Å². The van der Waals surface area contributed by atoms with Crippen molar-refractivity contribution in [1.29, 1.82) is 5.41 Å². The predicted octanol–water partition coefficient (Wildman–Crippen LogP) is 2.30. The molecule has 0 saturated carbocycles. The first-order valence-corrected chi connectivity index (χ1v) is 12.4. The van der Waals surface area contributed by atoms with Crippen molar-refractivity contribution in [3.05, 3.63) is 89.3 Å². The van der Waals surface area contributed by atoms with Crippen molar-refractivity contribution in [2.24, 2.45) is 36.4 Å². The molecule has 12 heteroatoms. The molecule has 0 aliphatic carbocycles. The van der Waals surface area contributed by atoms with E-state index in [-0.39, 0.29) is 5.90 Å². The van der Waals surface area contributed by atoms with Crippen molar-refractivity contribution in [3.8, 4) is 0 Å². The molecule has 1 unspecified atom stereocenters. The smallest absolute Gasteiger partial charge is 0.291 e. The molecule has 1 atom stereocenters. The van der Waals surface area contributed by atoms with E-state index in [2.05, 4.69) is 37.0 Å². The fourth-order valence-electron chi connectivity index (χ4n) is 4.19. The van der Waals surface area contributed by atoms with Gasteiger partial charge in [0.15, 0.2) is 0 Å². The van der Waals surface area contributed by atoms with Crippen LogP contribution in [-0.2, 0) is 9.53 Å². The van der Waals surface area contributed by atoms with Crippen LogP contribution in [0.5, 0.6) is 0 Å². The molecule has 0 spiro atoms. The molecule has 40 heavy (non-hydrogen) atoms. The molecule has 1 amide bonds. The van der Waals surface area contributed by atoms with Gasteiger partial charge in [-0.1, -0.05) is 60.7 Å². The molecule has 2 aromatic carbocycles. The first kappa shape index (κ1) is 27.6. The van der Waals surface area contributed by atoms with E-state index in [1.165, 1.54) is 6.34 Å². The molecule has 0 radical (unpaired) electrons. The third-order valence-corrected chi connectivity index (χ3v) is 5.92. The highest BCUT2D eigenvalue weighted by Crippen LogP contribution is 2.24. The quantitative estimate of drug-likeness (QED) is 0.250. The number of rotatable bonds is 6. The SMILES string of the molecule is C=N/C(=C(\C=C/C)C(=N)O/C(N)=N/C1N=C(c2ccccc2)c2ccccc2NC1=O)N1CCN=C(N=CN)C1. The Kier molecular flexibility index (Phi) is 8.92. The maximum absolute atomic E-state index is 13.1. The molecule has 204 valence electrons. The molecule has 2 aliphatic rings. The van der Waals surface area contributed by atoms with E-state index in [0.717, 1.165) is 11.1 Å². The Morgan fingerprint density at radius 1 is 1.23 bits per heavy atom. The number of carbonyl (C=O) groups is 1. The van der Waals surface area contributed by atoms with Crippen molar-refractivity contribution in [2.45, 2.75) is 13.1 Å². The first-order valence-electron chi connectivity index (χ1n) is 12.4. The Bertz CT molecular complexity index is 1470. The minimum absolute atomic E-state index is 0.305. The maximum Gasteiger partial charge on any atom is 0.291 e. The summed E-state index contributed by atoms with van der Waals surface area (Å²) in [6.07, 6.45) is 3.31. The topological polar surface area (TPSA) is 179 Å². The second-order valence-corrected chi connectivity index (χ2v) is 8.54. The Morgan fingerprint density at radius 2 is 1.98 bits per heavy atom. The summed E-state index contributed by atoms with van der Waals surface area (Å²) in [6, 6.07) is 16.4. The molecule has 12 nitrogen and oxygen atoms in total. The second-order valence-electron chi connectivity index (χ2n) is 8.54. The van der Waals surface area contributed by atoms with Gasteiger partial charge < -0.3 is 26.4 Å². The highest BCUT2D eigenvalue weighted by molar-refractivity contribution is 6.19. The molecule has 0 aromatic heterocycles. The van der Waals surface area contributed by atoms with Crippen LogP contribution in [0.3, 0.4) is 0 Å². The summed E-state index contributed by atoms with van der Waals surface area (Å²) >= 11 is 0. The van der Waals surface area contributed by atoms with Gasteiger partial charge in [0, 0.05) is 17.7 Å². The number of allylic oxidation sites excluding steroid dienone is 1. The van der Waals surface area contributed by atoms with Crippen molar-refractivity contribution in [2.75, 3.05) is 25.0 Å². The molecule has 0 bridgehead atoms. The summed E-state index contributed by atoms with van der Waals surface area (Å²) in [5.74, 6) is 0.0747. The molecule has 0 saturated heterocycles. The maximum atomic E-state index is 13.1. The number of benzene rings is 2. The lowest BCUT2D eigenvalue weighted by molar-refractivity contribution is -0.117. The molecule has 2 aromatic rings. The Balaban J connectivity index is 1.64. The number of carbonyl (C=O) groups excluding carboxylic acids is 1. The van der Waals surface area contributed by atoms with Gasteiger partial charge in [-0.25, -0.2) is 15.0 Å². The number of benzodiazepines with no additional fused rings is 1. The number of ether oxygens (including phenoxy) is 1. The van der Waals surface area contributed by atoms with Gasteiger partial charge in [-0.15, -0.1) is 0 Å². The van der Waals surface area contributed by atoms with Crippen molar-refractivity contribution in [1.82, 2.24) is 4.90 Å². The number of para-hydroxylation sites is 1. The number of anilines is 1. The second kappa shape index (κ2) is 12.9. The van der Waals surface area contributed by atoms with Crippen LogP contribution in [0, 0.1) is 5.41 Å². The Morgan fingerprint density at radius 3 is 2.70 bits per heavy atom. The summed E-state index contributed by atoms with van der Waals surface area (Å²) in [7, 11) is 0. The lowest BCUT2D eigenvalue weighted by Gasteiger charge is -2.28. The molecular formula is C28H30N10O2. The number of hydrogen-bond acceptors (Lipinski definition) is 9. The average Bonchev–Trinajstić information content (AvgIpc) is 3.09. The molecule has 2 heterocycles. The van der Waals surface area contributed by atoms with Crippen LogP contribution in [0.2, 0.25) is 0 Å². The van der Waals surface area contributed by atoms with Gasteiger partial charge >= 0.3 is 0 Å². The van der Waals surface area contributed by atoms with Gasteiger partial charge in [0.05, 0.1) is 36.4 Å². The van der Waals surface area contributed by atoms with Gasteiger partial charge in [-0.2, -0.15) is 4.99 Å². The van der Waals surface area contributed by atoms with Crippen molar-refractivity contribution < 1.29 is 9.53 Å². The normalized spacial score (nSPS) is 18.3. The van der Waals surface area contributed by atoms with E-state index in [0.29, 0.717) is 48.3 Å². The number of nitrogens with zero attached hydrogens (tertiary/aromatic N) is 6. The van der Waals surface area contributed by atoms with E-state index >= 15 is 0 Å². The van der Waals surface area contributed by atoms with E-state index in [1.807, 2.05) is 53.4 Å². The van der Waals surface area contributed by atoms with E-state index in [1.54, 1.807) is 25.1 Å². The summed E-state index contributed by atoms with van der Waals surface area (Å²) in [6.45, 7) is 6.77. The van der Waals surface area contributed by atoms with Gasteiger partial charge in [-0.3, -0.25) is 15.2 Å². The third kappa shape index (κ3) is 6.35. The van der Waals surface area contributed by atoms with Crippen LogP contribution in [0.15, 0.2) is 103 Å². The van der Waals surface area contributed by atoms with Crippen molar-refractivity contribution >= 4 is 48.1 Å². The zero-order valence-corrected chi connectivity index (χ0v) is 22.0. The van der Waals surface area contributed by atoms with Gasteiger partial charge in [0.2, 0.25) is 12.1 Å². The van der Waals surface area contributed by atoms with E-state index in [4.69, 9.17) is 21.6 Å². The van der Waals surface area contributed by atoms with Crippen LogP contribution in [0.4, 0.5) is 5.69 Å². The Labute approximate surface area is 231 Å². The fraction of sp³-hybridized carbons (Fsp3) is 0.179. The summed E-state index contributed by atoms with van der Waals surface area (Å²) < 4.78 is 5.58. The number of amides is 1. The number of nitrogens with two attached hydrogens (primary N) is 2. The summed E-state index contributed by atoms with van der Waals surface area (Å²) in [4.78, 5) is 36.3. The summed E-state index contributed by atoms with van der Waals surface area (Å²) in [5.41, 5.74) is 14.6. The molecule has 2 aliphatic heterocycles. The van der Waals surface area contributed by atoms with E-state index in [9.17, 15) is 4.79 Å². The monoisotopic (exact) mass is 538 g/mol. The molecule has 4 rings (SSSR count). The number of hydrogen-bond donors (Lipinski definition) is 4. The number of nitrogens with one attached hydrogen (secondary N) is 2. The molecular weight excluding hydrogens is 508 g/mol. The predicted molar refractivity (Wildman–Crippen MR) is 159 cm³/mol. The minimum atomic E-state index is -1.25. The minimum Gasteiger partial charge on any atom is -0.407 e. The number of aliphatic imine (C=N–C) groups is 5. The van der Waals surface area contributed by atoms with Gasteiger partial charge in [0.1, 0.15) is 11.7 Å². The highest BCUT2D eigenvalue weighted by atomic mass is 16.5. The van der Waals surface area contributed by atoms with Crippen LogP contribution in [0.25, 0.3) is 0 Å². The average molecular weight is 539 g/mol. The standard InChI is InChI=1S/C28H30N10O2/c1-3-9-20(26(32-2)38-15-14-33-22(16-38)34-17-29)24(30)40-28(31)37-25-27(39)35-21-13-8-7-12-19(21)23(36-25)18-10-5-4-6-11-18/h3-13,17,25,30H,2,14-16H2,1H3,(H2,31,37)(H,35,39)(H2,29,33,34)/b9-3-,26-20-,30-24?. The zero-order chi connectivity index (χ0) is 28.5. The van der Waals surface area contributed by atoms with Crippen LogP contribution < -0.4 is 16.8 Å². The Hall–Kier alpha value is -5.39. The largest absolute Gasteiger partial charge is 0.407 e. The zero-order valence-electron chi connectivity index (χ0n) is 22.0. The van der Waals surface area contributed by atoms with Crippen LogP contribution >= 0.6 is 0 Å².